The van der Waals surface area contributed by atoms with Crippen molar-refractivity contribution in [1.82, 2.24) is 4.68 Å². The molecule has 0 radical (unpaired) electrons. The van der Waals surface area contributed by atoms with Crippen LogP contribution in [-0.4, -0.2) is 23.5 Å². The molecular weight excluding hydrogens is 663 g/mol. The van der Waals surface area contributed by atoms with Crippen molar-refractivity contribution in [3.8, 4) is 11.1 Å². The number of nitrogens with zero attached hydrogens (tertiary/aromatic N) is 5. The van der Waals surface area contributed by atoms with Gasteiger partial charge in [-0.2, -0.15) is 0 Å². The number of nitrogen functional groups attached to an aromatic ring is 1. The lowest BCUT2D eigenvalue weighted by atomic mass is 9.91. The average Bonchev–Trinajstić information content (AvgIpc) is 3.68. The molecule has 8 aromatic rings. The molecule has 0 aliphatic carbocycles. The van der Waals surface area contributed by atoms with Crippen LogP contribution in [0.1, 0.15) is 17.9 Å². The molecule has 1 aromatic heterocycles. The second-order valence-electron chi connectivity index (χ2n) is 14.1. The van der Waals surface area contributed by atoms with Gasteiger partial charge in [-0.15, -0.1) is 0 Å². The number of anilines is 7. The molecule has 2 atom stereocenters. The normalized spacial score (nSPS) is 16.1. The van der Waals surface area contributed by atoms with E-state index in [1.54, 1.807) is 4.68 Å². The Balaban J connectivity index is 1.03. The third kappa shape index (κ3) is 5.28. The molecule has 0 saturated heterocycles. The summed E-state index contributed by atoms with van der Waals surface area (Å²) in [6.45, 7) is 0.766. The molecule has 2 aliphatic heterocycles. The molecule has 10 rings (SSSR count). The Labute approximate surface area is 314 Å². The molecule has 4 N–H and O–H groups in total. The zero-order valence-corrected chi connectivity index (χ0v) is 29.7. The van der Waals surface area contributed by atoms with Crippen LogP contribution in [-0.2, 0) is 0 Å². The lowest BCUT2D eigenvalue weighted by molar-refractivity contribution is 0.537. The summed E-state index contributed by atoms with van der Waals surface area (Å²) in [5.74, 6) is 13.6. The van der Waals surface area contributed by atoms with Crippen LogP contribution in [0.15, 0.2) is 175 Å². The van der Waals surface area contributed by atoms with Gasteiger partial charge in [0.05, 0.1) is 22.8 Å². The number of fused-ring (bicyclic) bond motifs is 6. The van der Waals surface area contributed by atoms with E-state index in [2.05, 4.69) is 173 Å². The van der Waals surface area contributed by atoms with Crippen LogP contribution in [0.4, 0.5) is 39.8 Å². The van der Waals surface area contributed by atoms with E-state index in [0.29, 0.717) is 5.92 Å². The Hall–Kier alpha value is -6.83. The van der Waals surface area contributed by atoms with Gasteiger partial charge < -0.3 is 20.7 Å². The van der Waals surface area contributed by atoms with Crippen molar-refractivity contribution in [2.45, 2.75) is 18.4 Å². The minimum Gasteiger partial charge on any atom is -0.339 e. The number of aliphatic imine (C=N–C) groups is 1. The van der Waals surface area contributed by atoms with Crippen LogP contribution in [0.2, 0.25) is 0 Å². The van der Waals surface area contributed by atoms with Crippen molar-refractivity contribution >= 4 is 67.8 Å². The molecule has 2 unspecified atom stereocenters. The maximum absolute atomic E-state index is 6.73. The Morgan fingerprint density at radius 3 is 1.63 bits per heavy atom. The Kier molecular flexibility index (Phi) is 7.66. The molecule has 0 saturated carbocycles. The fourth-order valence-electron chi connectivity index (χ4n) is 8.45. The molecule has 0 bridgehead atoms. The van der Waals surface area contributed by atoms with Gasteiger partial charge in [0.15, 0.2) is 0 Å². The molecule has 0 fully saturated rings. The first-order chi connectivity index (χ1) is 26.6. The molecule has 0 amide bonds. The summed E-state index contributed by atoms with van der Waals surface area (Å²) in [4.78, 5) is 9.23. The monoisotopic (exact) mass is 701 g/mol. The number of para-hydroxylation sites is 3. The lowest BCUT2D eigenvalue weighted by Gasteiger charge is -2.27. The number of benzene rings is 7. The SMILES string of the molecule is NN1c2ccc(N(c3ccccc3)c3ccc(-c4ccc5c(c4)c4cc(N(c6ccccc6)c6ccccc6)ccc4n5N)cc3)cc2C2CN=CCC21. The number of rotatable bonds is 7. The first-order valence-electron chi connectivity index (χ1n) is 18.5. The third-order valence-electron chi connectivity index (χ3n) is 11.1. The Bertz CT molecular complexity index is 2610. The average molecular weight is 702 g/mol. The largest absolute Gasteiger partial charge is 0.339 e. The van der Waals surface area contributed by atoms with Gasteiger partial charge in [-0.1, -0.05) is 72.8 Å². The molecular formula is C47H39N7. The van der Waals surface area contributed by atoms with E-state index in [1.807, 2.05) is 23.4 Å². The van der Waals surface area contributed by atoms with E-state index < -0.39 is 0 Å². The van der Waals surface area contributed by atoms with Gasteiger partial charge in [-0.3, -0.25) is 9.67 Å². The van der Waals surface area contributed by atoms with E-state index >= 15 is 0 Å². The molecule has 262 valence electrons. The summed E-state index contributed by atoms with van der Waals surface area (Å²) >= 11 is 0. The van der Waals surface area contributed by atoms with Crippen LogP contribution in [0.5, 0.6) is 0 Å². The standard InChI is InChI=1S/C47H39N7/c48-53-44-23-18-33(28-40(44)41-29-38(21-24-45(41)53)51(34-10-4-1-5-11-34)35-12-6-2-7-13-35)32-16-19-37(20-17-32)52(36-14-8-3-9-15-36)39-22-25-46-42(30-39)43-31-50-27-26-47(43)54(46)49/h1-25,27-30,43,47H,26,31,48-49H2. The summed E-state index contributed by atoms with van der Waals surface area (Å²) in [6, 6.07) is 60.4. The van der Waals surface area contributed by atoms with Gasteiger partial charge in [0.25, 0.3) is 0 Å². The number of aromatic nitrogens is 1. The number of hydrogen-bond donors (Lipinski definition) is 2. The fraction of sp³-hybridized carbons (Fsp3) is 0.0851. The van der Waals surface area contributed by atoms with E-state index in [-0.39, 0.29) is 6.04 Å². The Morgan fingerprint density at radius 2 is 1.00 bits per heavy atom. The molecule has 2 aliphatic rings. The predicted molar refractivity (Wildman–Crippen MR) is 226 cm³/mol. The van der Waals surface area contributed by atoms with Crippen molar-refractivity contribution in [2.24, 2.45) is 10.8 Å². The summed E-state index contributed by atoms with van der Waals surface area (Å²) < 4.78 is 1.80. The molecule has 0 spiro atoms. The van der Waals surface area contributed by atoms with Gasteiger partial charge in [-0.25, -0.2) is 5.84 Å². The van der Waals surface area contributed by atoms with E-state index in [4.69, 9.17) is 11.7 Å². The van der Waals surface area contributed by atoms with Crippen molar-refractivity contribution < 1.29 is 0 Å². The summed E-state index contributed by atoms with van der Waals surface area (Å²) in [6.07, 6.45) is 2.88. The van der Waals surface area contributed by atoms with Gasteiger partial charge >= 0.3 is 0 Å². The predicted octanol–water partition coefficient (Wildman–Crippen LogP) is 10.7. The summed E-state index contributed by atoms with van der Waals surface area (Å²) in [5, 5.41) is 4.16. The van der Waals surface area contributed by atoms with Crippen molar-refractivity contribution in [1.29, 1.82) is 0 Å². The van der Waals surface area contributed by atoms with E-state index in [9.17, 15) is 0 Å². The minimum absolute atomic E-state index is 0.251. The number of hydrazine groups is 1. The smallest absolute Gasteiger partial charge is 0.0705 e. The fourth-order valence-corrected chi connectivity index (χ4v) is 8.45. The highest BCUT2D eigenvalue weighted by atomic mass is 15.4. The highest BCUT2D eigenvalue weighted by Gasteiger charge is 2.38. The number of hydrogen-bond acceptors (Lipinski definition) is 6. The summed E-state index contributed by atoms with van der Waals surface area (Å²) in [5.41, 5.74) is 13.1. The summed E-state index contributed by atoms with van der Waals surface area (Å²) in [7, 11) is 0. The first kappa shape index (κ1) is 31.9. The molecule has 7 heteroatoms. The molecule has 3 heterocycles. The second-order valence-corrected chi connectivity index (χ2v) is 14.1. The van der Waals surface area contributed by atoms with Gasteiger partial charge in [0, 0.05) is 70.0 Å². The van der Waals surface area contributed by atoms with Crippen LogP contribution < -0.4 is 26.5 Å². The zero-order valence-electron chi connectivity index (χ0n) is 29.7. The molecule has 7 aromatic carbocycles. The van der Waals surface area contributed by atoms with Crippen LogP contribution in [0.3, 0.4) is 0 Å². The second kappa shape index (κ2) is 13.0. The van der Waals surface area contributed by atoms with Crippen LogP contribution in [0.25, 0.3) is 32.9 Å². The topological polar surface area (TPSA) is 79.0 Å². The van der Waals surface area contributed by atoms with Crippen molar-refractivity contribution in [3.63, 3.8) is 0 Å². The molecule has 54 heavy (non-hydrogen) atoms. The minimum atomic E-state index is 0.251. The van der Waals surface area contributed by atoms with Crippen LogP contribution >= 0.6 is 0 Å². The van der Waals surface area contributed by atoms with Crippen molar-refractivity contribution in [2.75, 3.05) is 27.2 Å². The Morgan fingerprint density at radius 1 is 0.500 bits per heavy atom. The third-order valence-corrected chi connectivity index (χ3v) is 11.1. The zero-order chi connectivity index (χ0) is 36.2. The quantitative estimate of drug-likeness (QED) is 0.162. The van der Waals surface area contributed by atoms with E-state index in [1.165, 1.54) is 5.56 Å². The highest BCUT2D eigenvalue weighted by Crippen LogP contribution is 2.46. The maximum Gasteiger partial charge on any atom is 0.0705 e. The molecule has 7 nitrogen and oxygen atoms in total. The highest BCUT2D eigenvalue weighted by molar-refractivity contribution is 6.11. The first-order valence-corrected chi connectivity index (χ1v) is 18.5. The van der Waals surface area contributed by atoms with E-state index in [0.717, 1.165) is 85.7 Å². The van der Waals surface area contributed by atoms with Gasteiger partial charge in [-0.05, 0) is 114 Å². The van der Waals surface area contributed by atoms with Crippen molar-refractivity contribution in [3.05, 3.63) is 175 Å². The maximum atomic E-state index is 6.73. The lowest BCUT2D eigenvalue weighted by Crippen LogP contribution is -2.41. The number of nitrogens with two attached hydrogens (primary N) is 2. The van der Waals surface area contributed by atoms with Crippen LogP contribution in [0, 0.1) is 0 Å². The van der Waals surface area contributed by atoms with Gasteiger partial charge in [0.1, 0.15) is 0 Å². The van der Waals surface area contributed by atoms with Gasteiger partial charge in [0.2, 0.25) is 0 Å².